The zero-order valence-corrected chi connectivity index (χ0v) is 8.65. The molecule has 0 fully saturated rings. The second-order valence-corrected chi connectivity index (χ2v) is 4.40. The van der Waals surface area contributed by atoms with Gasteiger partial charge in [-0.2, -0.15) is 0 Å². The molecule has 0 aromatic carbocycles. The number of rotatable bonds is 2. The summed E-state index contributed by atoms with van der Waals surface area (Å²) in [5.41, 5.74) is 0.437. The van der Waals surface area contributed by atoms with Crippen molar-refractivity contribution in [3.8, 4) is 0 Å². The lowest BCUT2D eigenvalue weighted by Crippen LogP contribution is -2.38. The van der Waals surface area contributed by atoms with Gasteiger partial charge in [-0.15, -0.1) is 0 Å². The van der Waals surface area contributed by atoms with Crippen molar-refractivity contribution in [1.82, 2.24) is 4.57 Å². The summed E-state index contributed by atoms with van der Waals surface area (Å²) in [6.45, 7) is 6.79. The first-order valence-electron chi connectivity index (χ1n) is 3.18. The third-order valence-electron chi connectivity index (χ3n) is 2.08. The van der Waals surface area contributed by atoms with E-state index in [1.807, 2.05) is 0 Å². The third kappa shape index (κ3) is 1.97. The maximum atomic E-state index is 2.38. The lowest BCUT2D eigenvalue weighted by Gasteiger charge is -2.31. The second-order valence-electron chi connectivity index (χ2n) is 3.06. The smallest absolute Gasteiger partial charge is 0.0787 e. The zero-order valence-electron chi connectivity index (χ0n) is 6.65. The molecular formula is C6H17NSi. The maximum Gasteiger partial charge on any atom is 0.0787 e. The molecule has 0 atom stereocenters. The zero-order chi connectivity index (χ0) is 6.78. The average Bonchev–Trinajstić information content (AvgIpc) is 1.67. The lowest BCUT2D eigenvalue weighted by atomic mass is 10.0. The molecule has 2 heteroatoms. The molecule has 0 saturated carbocycles. The summed E-state index contributed by atoms with van der Waals surface area (Å²) in [5.74, 6) is 0. The Bertz CT molecular complexity index is 68.9. The van der Waals surface area contributed by atoms with Gasteiger partial charge >= 0.3 is 0 Å². The van der Waals surface area contributed by atoms with E-state index >= 15 is 0 Å². The highest BCUT2D eigenvalue weighted by Crippen LogP contribution is 2.12. The largest absolute Gasteiger partial charge is 0.330 e. The van der Waals surface area contributed by atoms with Gasteiger partial charge < -0.3 is 4.57 Å². The predicted octanol–water partition coefficient (Wildman–Crippen LogP) is 0.387. The minimum absolute atomic E-state index is 0.437. The molecule has 0 radical (unpaired) electrons. The van der Waals surface area contributed by atoms with Crippen molar-refractivity contribution < 1.29 is 0 Å². The number of nitrogens with zero attached hydrogens (tertiary/aromatic N) is 1. The first-order valence-corrected chi connectivity index (χ1v) is 4.07. The molecule has 0 rings (SSSR count). The molecule has 0 aromatic heterocycles. The van der Waals surface area contributed by atoms with Gasteiger partial charge in [0.25, 0.3) is 0 Å². The van der Waals surface area contributed by atoms with Crippen molar-refractivity contribution >= 4 is 10.4 Å². The van der Waals surface area contributed by atoms with Gasteiger partial charge in [0.05, 0.1) is 10.4 Å². The Morgan fingerprint density at radius 1 is 1.50 bits per heavy atom. The summed E-state index contributed by atoms with van der Waals surface area (Å²) in [4.78, 5) is 0. The highest BCUT2D eigenvalue weighted by atomic mass is 28.2. The minimum atomic E-state index is 0.437. The molecule has 0 bridgehead atoms. The quantitative estimate of drug-likeness (QED) is 0.490. The Labute approximate surface area is 55.6 Å². The summed E-state index contributed by atoms with van der Waals surface area (Å²) < 4.78 is 2.38. The van der Waals surface area contributed by atoms with E-state index < -0.39 is 0 Å². The van der Waals surface area contributed by atoms with Gasteiger partial charge in [0, 0.05) is 5.54 Å². The van der Waals surface area contributed by atoms with E-state index in [0.29, 0.717) is 5.54 Å². The van der Waals surface area contributed by atoms with Crippen LogP contribution in [0.5, 0.6) is 0 Å². The standard InChI is InChI=1S/C6H17NSi/c1-5-6(2,3)7(4)8/h5H2,1-4,8H3. The van der Waals surface area contributed by atoms with Crippen molar-refractivity contribution in [2.45, 2.75) is 32.7 Å². The van der Waals surface area contributed by atoms with Crippen LogP contribution in [0, 0.1) is 0 Å². The van der Waals surface area contributed by atoms with E-state index in [1.54, 1.807) is 0 Å². The summed E-state index contributed by atoms with van der Waals surface area (Å²) in [7, 11) is 3.35. The summed E-state index contributed by atoms with van der Waals surface area (Å²) in [6.07, 6.45) is 1.24. The molecule has 0 aliphatic heterocycles. The lowest BCUT2D eigenvalue weighted by molar-refractivity contribution is 0.268. The fourth-order valence-corrected chi connectivity index (χ4v) is 0.632. The van der Waals surface area contributed by atoms with Gasteiger partial charge in [-0.05, 0) is 27.3 Å². The van der Waals surface area contributed by atoms with E-state index in [9.17, 15) is 0 Å². The SMILES string of the molecule is CCC(C)(C)N(C)[SiH3]. The summed E-state index contributed by atoms with van der Waals surface area (Å²) in [5, 5.41) is 0. The first kappa shape index (κ1) is 8.18. The minimum Gasteiger partial charge on any atom is -0.330 e. The van der Waals surface area contributed by atoms with Gasteiger partial charge in [-0.3, -0.25) is 0 Å². The number of hydrogen-bond donors (Lipinski definition) is 0. The van der Waals surface area contributed by atoms with Crippen LogP contribution in [0.1, 0.15) is 27.2 Å². The van der Waals surface area contributed by atoms with Crippen LogP contribution >= 0.6 is 0 Å². The molecule has 50 valence electrons. The monoisotopic (exact) mass is 131 g/mol. The molecule has 0 aliphatic rings. The molecule has 0 unspecified atom stereocenters. The van der Waals surface area contributed by atoms with Crippen LogP contribution < -0.4 is 0 Å². The fourth-order valence-electron chi connectivity index (χ4n) is 0.316. The van der Waals surface area contributed by atoms with Crippen molar-refractivity contribution in [3.05, 3.63) is 0 Å². The molecule has 0 heterocycles. The van der Waals surface area contributed by atoms with Crippen LogP contribution in [0.25, 0.3) is 0 Å². The predicted molar refractivity (Wildman–Crippen MR) is 42.1 cm³/mol. The molecule has 8 heavy (non-hydrogen) atoms. The molecule has 0 aromatic rings. The summed E-state index contributed by atoms with van der Waals surface area (Å²) >= 11 is 0. The molecule has 0 amide bonds. The maximum absolute atomic E-state index is 2.38. The van der Waals surface area contributed by atoms with Crippen LogP contribution in [0.3, 0.4) is 0 Å². The Hall–Kier alpha value is 0.177. The third-order valence-corrected chi connectivity index (χ3v) is 3.29. The molecule has 0 saturated heterocycles. The van der Waals surface area contributed by atoms with Crippen LogP contribution in [0.4, 0.5) is 0 Å². The normalized spacial score (nSPS) is 13.1. The average molecular weight is 131 g/mol. The molecule has 0 N–H and O–H groups in total. The Balaban J connectivity index is 3.71. The van der Waals surface area contributed by atoms with Crippen molar-refractivity contribution in [3.63, 3.8) is 0 Å². The van der Waals surface area contributed by atoms with E-state index in [4.69, 9.17) is 0 Å². The van der Waals surface area contributed by atoms with Crippen molar-refractivity contribution in [2.75, 3.05) is 7.05 Å². The fraction of sp³-hybridized carbons (Fsp3) is 1.00. The first-order chi connectivity index (χ1) is 3.50. The Morgan fingerprint density at radius 2 is 1.88 bits per heavy atom. The van der Waals surface area contributed by atoms with Crippen molar-refractivity contribution in [1.29, 1.82) is 0 Å². The molecule has 1 nitrogen and oxygen atoms in total. The van der Waals surface area contributed by atoms with Crippen molar-refractivity contribution in [2.24, 2.45) is 0 Å². The second kappa shape index (κ2) is 2.64. The van der Waals surface area contributed by atoms with E-state index in [-0.39, 0.29) is 0 Å². The highest BCUT2D eigenvalue weighted by molar-refractivity contribution is 6.04. The van der Waals surface area contributed by atoms with E-state index in [2.05, 4.69) is 32.4 Å². The van der Waals surface area contributed by atoms with Crippen LogP contribution in [0.15, 0.2) is 0 Å². The topological polar surface area (TPSA) is 3.24 Å². The van der Waals surface area contributed by atoms with Crippen LogP contribution in [-0.4, -0.2) is 27.6 Å². The summed E-state index contributed by atoms with van der Waals surface area (Å²) in [6, 6.07) is 0. The number of hydrogen-bond acceptors (Lipinski definition) is 1. The van der Waals surface area contributed by atoms with Crippen LogP contribution in [-0.2, 0) is 0 Å². The molecule has 0 aliphatic carbocycles. The van der Waals surface area contributed by atoms with E-state index in [0.717, 1.165) is 0 Å². The van der Waals surface area contributed by atoms with Crippen LogP contribution in [0.2, 0.25) is 0 Å². The molecular weight excluding hydrogens is 114 g/mol. The Kier molecular flexibility index (Phi) is 2.70. The Morgan fingerprint density at radius 3 is 1.88 bits per heavy atom. The van der Waals surface area contributed by atoms with Gasteiger partial charge in [0.1, 0.15) is 0 Å². The highest BCUT2D eigenvalue weighted by Gasteiger charge is 2.15. The van der Waals surface area contributed by atoms with E-state index in [1.165, 1.54) is 16.8 Å². The molecule has 0 spiro atoms. The van der Waals surface area contributed by atoms with Gasteiger partial charge in [0.2, 0.25) is 0 Å². The van der Waals surface area contributed by atoms with Gasteiger partial charge in [-0.25, -0.2) is 0 Å². The van der Waals surface area contributed by atoms with Gasteiger partial charge in [0.15, 0.2) is 0 Å². The van der Waals surface area contributed by atoms with Gasteiger partial charge in [-0.1, -0.05) is 6.92 Å².